The fourth-order valence-corrected chi connectivity index (χ4v) is 1.91. The van der Waals surface area contributed by atoms with Gasteiger partial charge in [0, 0.05) is 0 Å². The number of amides is 3. The molecule has 4 unspecified atom stereocenters. The number of hydrogen-bond donors (Lipinski definition) is 7. The van der Waals surface area contributed by atoms with Crippen LogP contribution in [0.3, 0.4) is 0 Å². The standard InChI is InChI=1S/C15H29N5O6/c1-8(17)12(22)19-10(5-3-4-6-16)13(23)20-11(7-21)14(24)18-9(2)15(25)26/h8-11,21H,3-7,16-17H2,1-2H3,(H,18,24)(H,19,22)(H,20,23)(H,25,26). The van der Waals surface area contributed by atoms with Gasteiger partial charge in [0.15, 0.2) is 0 Å². The predicted octanol–water partition coefficient (Wildman–Crippen LogP) is -2.99. The van der Waals surface area contributed by atoms with Crippen LogP contribution in [0.2, 0.25) is 0 Å². The largest absolute Gasteiger partial charge is 0.480 e. The van der Waals surface area contributed by atoms with Crippen molar-refractivity contribution in [2.24, 2.45) is 11.5 Å². The van der Waals surface area contributed by atoms with Crippen LogP contribution in [-0.2, 0) is 19.2 Å². The Labute approximate surface area is 151 Å². The molecule has 150 valence electrons. The van der Waals surface area contributed by atoms with Crippen LogP contribution in [0.25, 0.3) is 0 Å². The highest BCUT2D eigenvalue weighted by molar-refractivity contribution is 5.93. The van der Waals surface area contributed by atoms with Gasteiger partial charge >= 0.3 is 5.97 Å². The highest BCUT2D eigenvalue weighted by Crippen LogP contribution is 2.02. The number of aliphatic hydroxyl groups is 1. The molecule has 0 aliphatic carbocycles. The van der Waals surface area contributed by atoms with Crippen molar-refractivity contribution >= 4 is 23.7 Å². The van der Waals surface area contributed by atoms with E-state index < -0.39 is 54.5 Å². The highest BCUT2D eigenvalue weighted by Gasteiger charge is 2.28. The average molecular weight is 375 g/mol. The maximum absolute atomic E-state index is 12.4. The Balaban J connectivity index is 4.96. The first-order valence-corrected chi connectivity index (χ1v) is 8.34. The van der Waals surface area contributed by atoms with Crippen molar-refractivity contribution in [3.63, 3.8) is 0 Å². The molecule has 9 N–H and O–H groups in total. The summed E-state index contributed by atoms with van der Waals surface area (Å²) < 4.78 is 0. The van der Waals surface area contributed by atoms with E-state index in [0.717, 1.165) is 0 Å². The minimum atomic E-state index is -1.35. The van der Waals surface area contributed by atoms with E-state index in [1.54, 1.807) is 0 Å². The zero-order chi connectivity index (χ0) is 20.3. The van der Waals surface area contributed by atoms with Crippen LogP contribution < -0.4 is 27.4 Å². The first kappa shape index (κ1) is 23.8. The van der Waals surface area contributed by atoms with E-state index >= 15 is 0 Å². The Kier molecular flexibility index (Phi) is 11.1. The third-order valence-electron chi connectivity index (χ3n) is 3.54. The summed E-state index contributed by atoms with van der Waals surface area (Å²) in [7, 11) is 0. The molecule has 0 bridgehead atoms. The molecule has 11 heteroatoms. The van der Waals surface area contributed by atoms with Gasteiger partial charge in [0.25, 0.3) is 0 Å². The average Bonchev–Trinajstić information content (AvgIpc) is 2.57. The molecule has 0 aliphatic rings. The van der Waals surface area contributed by atoms with E-state index in [0.29, 0.717) is 19.4 Å². The molecule has 3 amide bonds. The van der Waals surface area contributed by atoms with Crippen LogP contribution in [0.15, 0.2) is 0 Å². The van der Waals surface area contributed by atoms with Crippen molar-refractivity contribution in [1.29, 1.82) is 0 Å². The Morgan fingerprint density at radius 3 is 1.92 bits per heavy atom. The molecule has 0 spiro atoms. The van der Waals surface area contributed by atoms with Gasteiger partial charge in [0.2, 0.25) is 17.7 Å². The summed E-state index contributed by atoms with van der Waals surface area (Å²) in [5.41, 5.74) is 10.9. The lowest BCUT2D eigenvalue weighted by atomic mass is 10.1. The third kappa shape index (κ3) is 8.74. The van der Waals surface area contributed by atoms with Gasteiger partial charge in [-0.25, -0.2) is 0 Å². The Bertz CT molecular complexity index is 499. The van der Waals surface area contributed by atoms with Gasteiger partial charge in [-0.2, -0.15) is 0 Å². The van der Waals surface area contributed by atoms with E-state index in [1.807, 2.05) is 0 Å². The lowest BCUT2D eigenvalue weighted by Gasteiger charge is -2.23. The first-order chi connectivity index (χ1) is 12.1. The number of carboxylic acids is 1. The smallest absolute Gasteiger partial charge is 0.325 e. The minimum absolute atomic E-state index is 0.271. The maximum Gasteiger partial charge on any atom is 0.325 e. The van der Waals surface area contributed by atoms with Gasteiger partial charge in [0.1, 0.15) is 18.1 Å². The highest BCUT2D eigenvalue weighted by atomic mass is 16.4. The van der Waals surface area contributed by atoms with E-state index in [9.17, 15) is 24.3 Å². The number of nitrogens with two attached hydrogens (primary N) is 2. The van der Waals surface area contributed by atoms with Crippen LogP contribution in [-0.4, -0.2) is 71.2 Å². The van der Waals surface area contributed by atoms with Crippen molar-refractivity contribution in [3.8, 4) is 0 Å². The van der Waals surface area contributed by atoms with Gasteiger partial charge in [0.05, 0.1) is 12.6 Å². The number of carbonyl (C=O) groups excluding carboxylic acids is 3. The molecule has 0 saturated heterocycles. The number of carbonyl (C=O) groups is 4. The number of hydrogen-bond acceptors (Lipinski definition) is 7. The van der Waals surface area contributed by atoms with Crippen LogP contribution in [0.1, 0.15) is 33.1 Å². The molecule has 0 rings (SSSR count). The number of aliphatic hydroxyl groups excluding tert-OH is 1. The second kappa shape index (κ2) is 12.2. The second-order valence-electron chi connectivity index (χ2n) is 5.95. The number of aliphatic carboxylic acids is 1. The summed E-state index contributed by atoms with van der Waals surface area (Å²) in [6, 6.07) is -4.33. The molecule has 0 aromatic heterocycles. The van der Waals surface area contributed by atoms with Gasteiger partial charge in [-0.15, -0.1) is 0 Å². The number of nitrogens with one attached hydrogen (secondary N) is 3. The van der Waals surface area contributed by atoms with Gasteiger partial charge in [-0.05, 0) is 39.7 Å². The molecular weight excluding hydrogens is 346 g/mol. The fourth-order valence-electron chi connectivity index (χ4n) is 1.91. The fraction of sp³-hybridized carbons (Fsp3) is 0.733. The Morgan fingerprint density at radius 1 is 0.923 bits per heavy atom. The number of unbranched alkanes of at least 4 members (excludes halogenated alkanes) is 1. The zero-order valence-corrected chi connectivity index (χ0v) is 15.0. The summed E-state index contributed by atoms with van der Waals surface area (Å²) in [5.74, 6) is -3.34. The SMILES string of the molecule is CC(N)C(=O)NC(CCCCN)C(=O)NC(CO)C(=O)NC(C)C(=O)O. The molecule has 0 fully saturated rings. The summed E-state index contributed by atoms with van der Waals surface area (Å²) in [5, 5.41) is 25.0. The van der Waals surface area contributed by atoms with Crippen LogP contribution in [0.5, 0.6) is 0 Å². The normalized spacial score (nSPS) is 15.3. The second-order valence-corrected chi connectivity index (χ2v) is 5.95. The van der Waals surface area contributed by atoms with Gasteiger partial charge in [-0.3, -0.25) is 19.2 Å². The van der Waals surface area contributed by atoms with Crippen LogP contribution in [0, 0.1) is 0 Å². The minimum Gasteiger partial charge on any atom is -0.480 e. The summed E-state index contributed by atoms with van der Waals surface area (Å²) in [6.07, 6.45) is 1.46. The van der Waals surface area contributed by atoms with E-state index in [-0.39, 0.29) is 6.42 Å². The zero-order valence-electron chi connectivity index (χ0n) is 15.0. The molecule has 0 heterocycles. The number of carboxylic acid groups (broad SMARTS) is 1. The molecule has 11 nitrogen and oxygen atoms in total. The van der Waals surface area contributed by atoms with Crippen LogP contribution >= 0.6 is 0 Å². The molecular formula is C15H29N5O6. The van der Waals surface area contributed by atoms with Crippen molar-refractivity contribution in [2.75, 3.05) is 13.2 Å². The Morgan fingerprint density at radius 2 is 1.46 bits per heavy atom. The van der Waals surface area contributed by atoms with E-state index in [4.69, 9.17) is 16.6 Å². The van der Waals surface area contributed by atoms with E-state index in [1.165, 1.54) is 13.8 Å². The first-order valence-electron chi connectivity index (χ1n) is 8.34. The van der Waals surface area contributed by atoms with Gasteiger partial charge in [-0.1, -0.05) is 0 Å². The Hall–Kier alpha value is -2.24. The van der Waals surface area contributed by atoms with Crippen molar-refractivity contribution in [2.45, 2.75) is 57.3 Å². The maximum atomic E-state index is 12.4. The lowest BCUT2D eigenvalue weighted by Crippen LogP contribution is -2.57. The summed E-state index contributed by atoms with van der Waals surface area (Å²) in [6.45, 7) is 2.39. The topological polar surface area (TPSA) is 197 Å². The molecule has 26 heavy (non-hydrogen) atoms. The molecule has 0 aliphatic heterocycles. The van der Waals surface area contributed by atoms with E-state index in [2.05, 4.69) is 16.0 Å². The summed E-state index contributed by atoms with van der Waals surface area (Å²) >= 11 is 0. The van der Waals surface area contributed by atoms with Crippen molar-refractivity contribution in [1.82, 2.24) is 16.0 Å². The number of rotatable bonds is 12. The lowest BCUT2D eigenvalue weighted by molar-refractivity contribution is -0.142. The third-order valence-corrected chi connectivity index (χ3v) is 3.54. The molecule has 0 saturated carbocycles. The monoisotopic (exact) mass is 375 g/mol. The summed E-state index contributed by atoms with van der Waals surface area (Å²) in [4.78, 5) is 46.9. The molecule has 0 radical (unpaired) electrons. The van der Waals surface area contributed by atoms with Gasteiger partial charge < -0.3 is 37.6 Å². The molecule has 0 aromatic rings. The van der Waals surface area contributed by atoms with Crippen molar-refractivity contribution in [3.05, 3.63) is 0 Å². The quantitative estimate of drug-likeness (QED) is 0.175. The molecule has 0 aromatic carbocycles. The van der Waals surface area contributed by atoms with Crippen LogP contribution in [0.4, 0.5) is 0 Å². The molecule has 4 atom stereocenters. The van der Waals surface area contributed by atoms with Crippen molar-refractivity contribution < 1.29 is 29.4 Å². The predicted molar refractivity (Wildman–Crippen MR) is 92.7 cm³/mol.